The van der Waals surface area contributed by atoms with Crippen molar-refractivity contribution >= 4 is 40.0 Å². The van der Waals surface area contributed by atoms with E-state index in [-0.39, 0.29) is 48.7 Å². The molecule has 15 heteroatoms. The van der Waals surface area contributed by atoms with Crippen LogP contribution in [0.15, 0.2) is 35.8 Å². The van der Waals surface area contributed by atoms with Crippen molar-refractivity contribution < 1.29 is 29.0 Å². The number of thiazole rings is 1. The van der Waals surface area contributed by atoms with Crippen molar-refractivity contribution in [1.82, 2.24) is 40.1 Å². The predicted molar refractivity (Wildman–Crippen MR) is 249 cm³/mol. The number of carbonyl (C=O) groups is 3. The fraction of sp³-hybridized carbons (Fsp3) is 0.612. The first-order chi connectivity index (χ1) is 30.5. The van der Waals surface area contributed by atoms with Crippen LogP contribution in [-0.4, -0.2) is 125 Å². The number of ether oxygens (including phenoxy) is 2. The van der Waals surface area contributed by atoms with Crippen molar-refractivity contribution in [2.75, 3.05) is 60.5 Å². The first kappa shape index (κ1) is 46.3. The van der Waals surface area contributed by atoms with Crippen molar-refractivity contribution in [1.29, 1.82) is 0 Å². The third-order valence-corrected chi connectivity index (χ3v) is 15.3. The number of aromatic nitrogens is 3. The minimum Gasteiger partial charge on any atom is -0.464 e. The number of likely N-dealkylation sites (N-methyl/N-ethyl adjacent to an activating group) is 1. The second kappa shape index (κ2) is 18.6. The Labute approximate surface area is 382 Å². The van der Waals surface area contributed by atoms with E-state index >= 15 is 0 Å². The maximum atomic E-state index is 14.3. The van der Waals surface area contributed by atoms with E-state index in [9.17, 15) is 19.5 Å². The Morgan fingerprint density at radius 1 is 1.14 bits per heavy atom. The molecule has 1 aromatic carbocycles. The molecule has 1 aliphatic carbocycles. The van der Waals surface area contributed by atoms with Crippen LogP contribution in [0.4, 0.5) is 0 Å². The Hall–Kier alpha value is -4.25. The number of cyclic esters (lactones) is 1. The average Bonchev–Trinajstić information content (AvgIpc) is 3.54. The number of likely N-dealkylation sites (tertiary alicyclic amines) is 1. The first-order valence-corrected chi connectivity index (χ1v) is 24.2. The van der Waals surface area contributed by atoms with Gasteiger partial charge in [0.2, 0.25) is 5.91 Å². The molecule has 64 heavy (non-hydrogen) atoms. The normalized spacial score (nSPS) is 25.5. The first-order valence-electron chi connectivity index (χ1n) is 23.3. The molecular weight excluding hydrogens is 829 g/mol. The van der Waals surface area contributed by atoms with E-state index in [4.69, 9.17) is 19.4 Å². The minimum absolute atomic E-state index is 0.124. The van der Waals surface area contributed by atoms with E-state index in [1.807, 2.05) is 18.5 Å². The molecule has 3 aromatic heterocycles. The van der Waals surface area contributed by atoms with Gasteiger partial charge >= 0.3 is 5.97 Å². The van der Waals surface area contributed by atoms with Crippen molar-refractivity contribution in [3.63, 3.8) is 0 Å². The van der Waals surface area contributed by atoms with Gasteiger partial charge in [-0.25, -0.2) is 10.4 Å². The molecule has 4 aromatic rings. The molecule has 0 spiro atoms. The molecule has 346 valence electrons. The number of nitrogens with zero attached hydrogens (tertiary/aromatic N) is 6. The van der Waals surface area contributed by atoms with Crippen LogP contribution in [0.5, 0.6) is 0 Å². The van der Waals surface area contributed by atoms with Crippen LogP contribution in [0, 0.1) is 23.2 Å². The maximum Gasteiger partial charge on any atom is 0.324 e. The van der Waals surface area contributed by atoms with E-state index in [0.29, 0.717) is 45.2 Å². The second-order valence-corrected chi connectivity index (χ2v) is 20.9. The third kappa shape index (κ3) is 9.39. The van der Waals surface area contributed by atoms with Crippen molar-refractivity contribution in [2.24, 2.45) is 23.2 Å². The van der Waals surface area contributed by atoms with Crippen molar-refractivity contribution in [3.05, 3.63) is 57.7 Å². The van der Waals surface area contributed by atoms with E-state index in [1.165, 1.54) is 16.3 Å². The number of hydrogen-bond acceptors (Lipinski definition) is 12. The summed E-state index contributed by atoms with van der Waals surface area (Å²) in [4.78, 5) is 56.5. The molecule has 6 heterocycles. The Morgan fingerprint density at radius 2 is 1.89 bits per heavy atom. The topological polar surface area (TPSA) is 154 Å². The van der Waals surface area contributed by atoms with Gasteiger partial charge < -0.3 is 34.3 Å². The number of nitrogens with one attached hydrogen (secondary N) is 2. The van der Waals surface area contributed by atoms with Crippen molar-refractivity contribution in [3.8, 4) is 22.5 Å². The van der Waals surface area contributed by atoms with Gasteiger partial charge in [-0.2, -0.15) is 0 Å². The number of aryl methyl sites for hydroxylation is 1. The highest BCUT2D eigenvalue weighted by molar-refractivity contribution is 7.10. The molecule has 6 atom stereocenters. The number of rotatable bonds is 10. The van der Waals surface area contributed by atoms with Crippen LogP contribution in [0.3, 0.4) is 0 Å². The molecule has 4 aliphatic rings. The molecule has 3 fully saturated rings. The molecule has 6 bridgehead atoms. The summed E-state index contributed by atoms with van der Waals surface area (Å²) < 4.78 is 14.5. The Balaban J connectivity index is 1.23. The van der Waals surface area contributed by atoms with Gasteiger partial charge in [-0.1, -0.05) is 33.8 Å². The van der Waals surface area contributed by atoms with Crippen molar-refractivity contribution in [2.45, 2.75) is 110 Å². The molecule has 0 radical (unpaired) electrons. The summed E-state index contributed by atoms with van der Waals surface area (Å²) in [6, 6.07) is 7.05. The summed E-state index contributed by atoms with van der Waals surface area (Å²) in [7, 11) is 5.87. The van der Waals surface area contributed by atoms with Gasteiger partial charge in [-0.3, -0.25) is 24.4 Å². The summed E-state index contributed by atoms with van der Waals surface area (Å²) in [5.74, 6) is -0.456. The molecule has 8 rings (SSSR count). The van der Waals surface area contributed by atoms with Gasteiger partial charge in [0.25, 0.3) is 5.91 Å². The highest BCUT2D eigenvalue weighted by Gasteiger charge is 2.49. The number of benzene rings is 1. The van der Waals surface area contributed by atoms with Gasteiger partial charge in [-0.05, 0) is 95.6 Å². The molecule has 3 N–H and O–H groups in total. The number of fused-ring (bicyclic) bond motifs is 6. The number of aliphatic hydroxyl groups is 1. The number of hydrazine groups is 1. The lowest BCUT2D eigenvalue weighted by molar-refractivity contribution is -0.155. The summed E-state index contributed by atoms with van der Waals surface area (Å²) in [5.41, 5.74) is 8.98. The summed E-state index contributed by atoms with van der Waals surface area (Å²) in [6.45, 7) is 17.3. The zero-order chi connectivity index (χ0) is 45.7. The standard InChI is InChI=1S/C49H68N8O6S/c1-10-56-40-14-13-32-22-34(40)36(44(56)35-23-33(26-50-43(35)31(4)62-9)49(61)15-18-55(19-16-49)21-20-54(7)8)25-48(5,6)28-63-47(60)37-12-11-17-57(53-37)46(59)38(24-41-51-39(32)27-64-41)52-45(58)42-29(2)30(42)3/h13-14,22-23,26-27,29-31,37-38,42,53,61H,10-12,15-21,24-25,28H2,1-9H3,(H,52,58)/t29-,30+,31-,37-,38-,42+/m0/s1. The predicted octanol–water partition coefficient (Wildman–Crippen LogP) is 5.95. The Kier molecular flexibility index (Phi) is 13.4. The van der Waals surface area contributed by atoms with Crippen LogP contribution in [0.1, 0.15) is 95.2 Å². The molecule has 1 saturated carbocycles. The lowest BCUT2D eigenvalue weighted by Crippen LogP contribution is -2.60. The highest BCUT2D eigenvalue weighted by Crippen LogP contribution is 2.46. The Bertz CT molecular complexity index is 2360. The molecular formula is C49H68N8O6S. The van der Waals surface area contributed by atoms with E-state index in [0.717, 1.165) is 81.4 Å². The summed E-state index contributed by atoms with van der Waals surface area (Å²) in [5, 5.41) is 20.7. The number of carbonyl (C=O) groups excluding carboxylic acids is 3. The molecule has 14 nitrogen and oxygen atoms in total. The summed E-state index contributed by atoms with van der Waals surface area (Å²) in [6.07, 6.45) is 4.64. The molecule has 2 saturated heterocycles. The van der Waals surface area contributed by atoms with Crippen LogP contribution < -0.4 is 10.7 Å². The van der Waals surface area contributed by atoms with Gasteiger partial charge in [0, 0.05) is 103 Å². The zero-order valence-electron chi connectivity index (χ0n) is 39.2. The second-order valence-electron chi connectivity index (χ2n) is 19.9. The fourth-order valence-electron chi connectivity index (χ4n) is 10.1. The highest BCUT2D eigenvalue weighted by atomic mass is 32.1. The number of hydrogen-bond donors (Lipinski definition) is 3. The largest absolute Gasteiger partial charge is 0.464 e. The number of pyridine rings is 1. The van der Waals surface area contributed by atoms with Crippen LogP contribution in [-0.2, 0) is 48.8 Å². The maximum absolute atomic E-state index is 14.3. The van der Waals surface area contributed by atoms with Gasteiger partial charge in [0.15, 0.2) is 0 Å². The quantitative estimate of drug-likeness (QED) is 0.162. The average molecular weight is 897 g/mol. The minimum atomic E-state index is -1.04. The number of methoxy groups -OCH3 is 1. The number of piperidine rings is 1. The smallest absolute Gasteiger partial charge is 0.324 e. The third-order valence-electron chi connectivity index (χ3n) is 14.4. The van der Waals surface area contributed by atoms with Crippen LogP contribution in [0.2, 0.25) is 0 Å². The van der Waals surface area contributed by atoms with Gasteiger partial charge in [0.05, 0.1) is 40.4 Å². The zero-order valence-corrected chi connectivity index (χ0v) is 40.0. The fourth-order valence-corrected chi connectivity index (χ4v) is 10.9. The monoisotopic (exact) mass is 896 g/mol. The molecule has 3 aliphatic heterocycles. The van der Waals surface area contributed by atoms with Crippen LogP contribution in [0.25, 0.3) is 33.4 Å². The molecule has 0 unspecified atom stereocenters. The van der Waals surface area contributed by atoms with Crippen LogP contribution >= 0.6 is 11.3 Å². The number of esters is 1. The number of amides is 2. The molecule has 2 amide bonds. The lowest BCUT2D eigenvalue weighted by atomic mass is 9.82. The summed E-state index contributed by atoms with van der Waals surface area (Å²) >= 11 is 1.48. The van der Waals surface area contributed by atoms with Gasteiger partial charge in [-0.15, -0.1) is 11.3 Å². The van der Waals surface area contributed by atoms with E-state index in [1.54, 1.807) is 7.11 Å². The lowest BCUT2D eigenvalue weighted by Gasteiger charge is -2.39. The van der Waals surface area contributed by atoms with E-state index in [2.05, 4.69) is 98.1 Å². The van der Waals surface area contributed by atoms with E-state index < -0.39 is 29.1 Å². The SMILES string of the molecule is CCn1c(-c2cc(C3(O)CCN(CCN(C)C)CC3)cnc2[C@H](C)OC)c2c3cc(ccc31)-c1csc(n1)C[C@H](NC(=O)[C@H]1[C@H](C)[C@@H]1C)C(=O)N1CCC[C@H](N1)C(=O)OCC(C)(C)C2. The Morgan fingerprint density at radius 3 is 2.58 bits per heavy atom. The van der Waals surface area contributed by atoms with Gasteiger partial charge in [0.1, 0.15) is 12.1 Å².